The summed E-state index contributed by atoms with van der Waals surface area (Å²) in [6.45, 7) is 4.57. The Morgan fingerprint density at radius 1 is 1.19 bits per heavy atom. The van der Waals surface area contributed by atoms with Gasteiger partial charge >= 0.3 is 6.03 Å². The molecule has 0 aliphatic heterocycles. The first-order valence-electron chi connectivity index (χ1n) is 6.93. The van der Waals surface area contributed by atoms with Crippen LogP contribution >= 0.6 is 0 Å². The van der Waals surface area contributed by atoms with Gasteiger partial charge in [0.2, 0.25) is 0 Å². The molecule has 21 heavy (non-hydrogen) atoms. The van der Waals surface area contributed by atoms with E-state index >= 15 is 0 Å². The largest absolute Gasteiger partial charge is 0.497 e. The van der Waals surface area contributed by atoms with E-state index in [1.165, 1.54) is 0 Å². The molecular weight excluding hydrogens is 264 g/mol. The highest BCUT2D eigenvalue weighted by atomic mass is 16.5. The lowest BCUT2D eigenvalue weighted by atomic mass is 10.2. The van der Waals surface area contributed by atoms with E-state index in [9.17, 15) is 4.79 Å². The zero-order chi connectivity index (χ0) is 15.2. The summed E-state index contributed by atoms with van der Waals surface area (Å²) in [5, 5.41) is 2.89. The minimum absolute atomic E-state index is 0.145. The molecule has 0 saturated carbocycles. The number of amides is 2. The van der Waals surface area contributed by atoms with E-state index in [-0.39, 0.29) is 6.03 Å². The van der Waals surface area contributed by atoms with Crippen LogP contribution in [0.25, 0.3) is 0 Å². The molecule has 0 aliphatic rings. The number of rotatable bonds is 4. The van der Waals surface area contributed by atoms with Crippen LogP contribution in [0.5, 0.6) is 5.75 Å². The van der Waals surface area contributed by atoms with Gasteiger partial charge < -0.3 is 10.1 Å². The molecule has 4 heteroatoms. The normalized spacial score (nSPS) is 10.0. The minimum atomic E-state index is -0.145. The maximum Gasteiger partial charge on any atom is 0.326 e. The molecule has 0 aromatic heterocycles. The van der Waals surface area contributed by atoms with E-state index in [2.05, 4.69) is 5.32 Å². The highest BCUT2D eigenvalue weighted by molar-refractivity contribution is 6.01. The second kappa shape index (κ2) is 6.79. The third-order valence-corrected chi connectivity index (χ3v) is 3.22. The third-order valence-electron chi connectivity index (χ3n) is 3.22. The zero-order valence-corrected chi connectivity index (χ0v) is 12.6. The van der Waals surface area contributed by atoms with Crippen LogP contribution in [0.4, 0.5) is 16.2 Å². The van der Waals surface area contributed by atoms with Crippen molar-refractivity contribution in [3.63, 3.8) is 0 Å². The van der Waals surface area contributed by atoms with Gasteiger partial charge in [-0.25, -0.2) is 4.79 Å². The molecule has 2 amide bonds. The van der Waals surface area contributed by atoms with Crippen molar-refractivity contribution in [2.45, 2.75) is 13.8 Å². The number of urea groups is 1. The first-order valence-corrected chi connectivity index (χ1v) is 6.93. The molecule has 0 fully saturated rings. The molecule has 0 heterocycles. The Hall–Kier alpha value is -2.49. The van der Waals surface area contributed by atoms with Crippen LogP contribution in [0.1, 0.15) is 12.5 Å². The maximum atomic E-state index is 12.4. The van der Waals surface area contributed by atoms with E-state index in [1.54, 1.807) is 12.0 Å². The Balaban J connectivity index is 2.12. The van der Waals surface area contributed by atoms with Gasteiger partial charge in [-0.1, -0.05) is 12.1 Å². The monoisotopic (exact) mass is 284 g/mol. The number of hydrogen-bond acceptors (Lipinski definition) is 2. The molecule has 0 radical (unpaired) electrons. The predicted molar refractivity (Wildman–Crippen MR) is 86.2 cm³/mol. The number of nitrogens with zero attached hydrogens (tertiary/aromatic N) is 1. The van der Waals surface area contributed by atoms with Crippen LogP contribution in [0.2, 0.25) is 0 Å². The Kier molecular flexibility index (Phi) is 4.82. The summed E-state index contributed by atoms with van der Waals surface area (Å²) in [6, 6.07) is 15.0. The number of methoxy groups -OCH3 is 1. The summed E-state index contributed by atoms with van der Waals surface area (Å²) >= 11 is 0. The van der Waals surface area contributed by atoms with Crippen molar-refractivity contribution >= 4 is 17.4 Å². The number of carbonyl (C=O) groups is 1. The van der Waals surface area contributed by atoms with Gasteiger partial charge in [0.25, 0.3) is 0 Å². The van der Waals surface area contributed by atoms with Gasteiger partial charge in [0.05, 0.1) is 7.11 Å². The second-order valence-corrected chi connectivity index (χ2v) is 4.74. The van der Waals surface area contributed by atoms with Gasteiger partial charge in [0, 0.05) is 17.9 Å². The Morgan fingerprint density at radius 2 is 1.90 bits per heavy atom. The average Bonchev–Trinajstić information content (AvgIpc) is 2.49. The molecule has 0 aliphatic carbocycles. The molecule has 110 valence electrons. The predicted octanol–water partition coefficient (Wildman–Crippen LogP) is 4.06. The Morgan fingerprint density at radius 3 is 2.48 bits per heavy atom. The van der Waals surface area contributed by atoms with Crippen LogP contribution in [0, 0.1) is 6.92 Å². The SMILES string of the molecule is CCN(C(=O)Nc1ccc(OC)cc1)c1cccc(C)c1. The number of anilines is 2. The molecule has 0 bridgehead atoms. The Labute approximate surface area is 125 Å². The van der Waals surface area contributed by atoms with E-state index in [1.807, 2.05) is 62.4 Å². The Bertz CT molecular complexity index is 608. The molecule has 0 atom stereocenters. The standard InChI is InChI=1S/C17H20N2O2/c1-4-19(15-7-5-6-13(2)12-15)17(20)18-14-8-10-16(21-3)11-9-14/h5-12H,4H2,1-3H3,(H,18,20). The quantitative estimate of drug-likeness (QED) is 0.919. The summed E-state index contributed by atoms with van der Waals surface area (Å²) in [5.74, 6) is 0.763. The molecule has 4 nitrogen and oxygen atoms in total. The number of nitrogens with one attached hydrogen (secondary N) is 1. The number of hydrogen-bond donors (Lipinski definition) is 1. The van der Waals surface area contributed by atoms with Crippen molar-refractivity contribution in [3.8, 4) is 5.75 Å². The van der Waals surface area contributed by atoms with Crippen LogP contribution in [0.3, 0.4) is 0 Å². The second-order valence-electron chi connectivity index (χ2n) is 4.74. The van der Waals surface area contributed by atoms with Gasteiger partial charge in [0.15, 0.2) is 0 Å². The third kappa shape index (κ3) is 3.75. The van der Waals surface area contributed by atoms with Gasteiger partial charge in [-0.2, -0.15) is 0 Å². The van der Waals surface area contributed by atoms with Crippen LogP contribution in [-0.2, 0) is 0 Å². The topological polar surface area (TPSA) is 41.6 Å². The lowest BCUT2D eigenvalue weighted by Crippen LogP contribution is -2.34. The van der Waals surface area contributed by atoms with Gasteiger partial charge in [-0.05, 0) is 55.8 Å². The van der Waals surface area contributed by atoms with Crippen molar-refractivity contribution in [1.82, 2.24) is 0 Å². The zero-order valence-electron chi connectivity index (χ0n) is 12.6. The van der Waals surface area contributed by atoms with Crippen molar-refractivity contribution < 1.29 is 9.53 Å². The summed E-state index contributed by atoms with van der Waals surface area (Å²) < 4.78 is 5.10. The number of aryl methyl sites for hydroxylation is 1. The fraction of sp³-hybridized carbons (Fsp3) is 0.235. The van der Waals surface area contributed by atoms with E-state index in [4.69, 9.17) is 4.74 Å². The fourth-order valence-corrected chi connectivity index (χ4v) is 2.10. The van der Waals surface area contributed by atoms with E-state index in [0.29, 0.717) is 6.54 Å². The molecule has 0 spiro atoms. The first-order chi connectivity index (χ1) is 10.1. The summed E-state index contributed by atoms with van der Waals surface area (Å²) in [5.41, 5.74) is 2.76. The molecule has 0 unspecified atom stereocenters. The van der Waals surface area contributed by atoms with Crippen molar-refractivity contribution in [3.05, 3.63) is 54.1 Å². The van der Waals surface area contributed by atoms with Crippen LogP contribution < -0.4 is 15.0 Å². The number of ether oxygens (including phenoxy) is 1. The maximum absolute atomic E-state index is 12.4. The van der Waals surface area contributed by atoms with E-state index < -0.39 is 0 Å². The molecule has 2 aromatic carbocycles. The molecular formula is C17H20N2O2. The summed E-state index contributed by atoms with van der Waals surface area (Å²) in [7, 11) is 1.62. The fourth-order valence-electron chi connectivity index (χ4n) is 2.10. The highest BCUT2D eigenvalue weighted by Crippen LogP contribution is 2.19. The summed E-state index contributed by atoms with van der Waals surface area (Å²) in [6.07, 6.45) is 0. The first kappa shape index (κ1) is 14.9. The van der Waals surface area contributed by atoms with Crippen LogP contribution in [-0.4, -0.2) is 19.7 Å². The highest BCUT2D eigenvalue weighted by Gasteiger charge is 2.13. The summed E-state index contributed by atoms with van der Waals surface area (Å²) in [4.78, 5) is 14.1. The number of carbonyl (C=O) groups excluding carboxylic acids is 1. The lowest BCUT2D eigenvalue weighted by molar-refractivity contribution is 0.257. The van der Waals surface area contributed by atoms with E-state index in [0.717, 1.165) is 22.7 Å². The molecule has 0 saturated heterocycles. The lowest BCUT2D eigenvalue weighted by Gasteiger charge is -2.22. The van der Waals surface area contributed by atoms with Gasteiger partial charge in [0.1, 0.15) is 5.75 Å². The van der Waals surface area contributed by atoms with Crippen molar-refractivity contribution in [2.24, 2.45) is 0 Å². The van der Waals surface area contributed by atoms with Crippen LogP contribution in [0.15, 0.2) is 48.5 Å². The smallest absolute Gasteiger partial charge is 0.326 e. The van der Waals surface area contributed by atoms with Crippen molar-refractivity contribution in [1.29, 1.82) is 0 Å². The molecule has 1 N–H and O–H groups in total. The van der Waals surface area contributed by atoms with Crippen molar-refractivity contribution in [2.75, 3.05) is 23.9 Å². The minimum Gasteiger partial charge on any atom is -0.497 e. The molecule has 2 rings (SSSR count). The molecule has 2 aromatic rings. The average molecular weight is 284 g/mol. The van der Waals surface area contributed by atoms with Gasteiger partial charge in [-0.15, -0.1) is 0 Å². The number of benzene rings is 2. The van der Waals surface area contributed by atoms with Gasteiger partial charge in [-0.3, -0.25) is 4.90 Å².